The highest BCUT2D eigenvalue weighted by Gasteiger charge is 2.39. The molecule has 1 N–H and O–H groups in total. The smallest absolute Gasteiger partial charge is 0.237 e. The van der Waals surface area contributed by atoms with E-state index in [0.29, 0.717) is 13.0 Å². The van der Waals surface area contributed by atoms with Crippen LogP contribution in [0.1, 0.15) is 55.7 Å². The van der Waals surface area contributed by atoms with Gasteiger partial charge in [-0.3, -0.25) is 9.69 Å². The number of carbonyl (C=O) groups excluding carboxylic acids is 1. The minimum atomic E-state index is -0.701. The molecule has 1 amide bonds. The van der Waals surface area contributed by atoms with Crippen LogP contribution in [0.2, 0.25) is 0 Å². The number of nitriles is 1. The van der Waals surface area contributed by atoms with Gasteiger partial charge in [-0.2, -0.15) is 5.26 Å². The molecule has 2 aromatic carbocycles. The largest absolute Gasteiger partial charge is 0.396 e. The van der Waals surface area contributed by atoms with Gasteiger partial charge in [-0.25, -0.2) is 0 Å². The van der Waals surface area contributed by atoms with Crippen LogP contribution < -0.4 is 0 Å². The standard InChI is InChI=1S/C26H33N3O2/c1-28(26(21-27)16-9-4-10-17-26)24(31)20-29(18-11-19-30)25(22-12-5-2-6-13-22)23-14-7-3-8-15-23/h2-3,5-8,12-15,25,30H,4,9-11,16-20H2,1H3. The molecule has 0 aliphatic heterocycles. The van der Waals surface area contributed by atoms with Gasteiger partial charge in [0.25, 0.3) is 0 Å². The number of aliphatic hydroxyl groups excluding tert-OH is 1. The van der Waals surface area contributed by atoms with Gasteiger partial charge in [0.15, 0.2) is 0 Å². The van der Waals surface area contributed by atoms with Crippen molar-refractivity contribution in [2.45, 2.75) is 50.1 Å². The first-order valence-electron chi connectivity index (χ1n) is 11.2. The topological polar surface area (TPSA) is 67.6 Å². The molecule has 1 fully saturated rings. The van der Waals surface area contributed by atoms with E-state index in [9.17, 15) is 15.2 Å². The zero-order valence-electron chi connectivity index (χ0n) is 18.4. The summed E-state index contributed by atoms with van der Waals surface area (Å²) in [5, 5.41) is 19.4. The van der Waals surface area contributed by atoms with Crippen LogP contribution >= 0.6 is 0 Å². The van der Waals surface area contributed by atoms with Crippen LogP contribution in [0.5, 0.6) is 0 Å². The lowest BCUT2D eigenvalue weighted by Gasteiger charge is -2.41. The van der Waals surface area contributed by atoms with Crippen molar-refractivity contribution in [2.24, 2.45) is 0 Å². The van der Waals surface area contributed by atoms with E-state index in [2.05, 4.69) is 35.2 Å². The van der Waals surface area contributed by atoms with E-state index < -0.39 is 5.54 Å². The van der Waals surface area contributed by atoms with Gasteiger partial charge in [0, 0.05) is 20.2 Å². The monoisotopic (exact) mass is 419 g/mol. The number of nitrogens with zero attached hydrogens (tertiary/aromatic N) is 3. The zero-order chi connectivity index (χ0) is 22.1. The second kappa shape index (κ2) is 11.1. The lowest BCUT2D eigenvalue weighted by atomic mass is 9.81. The number of carbonyl (C=O) groups is 1. The summed E-state index contributed by atoms with van der Waals surface area (Å²) in [5.74, 6) is -0.0433. The van der Waals surface area contributed by atoms with Crippen molar-refractivity contribution < 1.29 is 9.90 Å². The third-order valence-corrected chi connectivity index (χ3v) is 6.44. The molecule has 5 heteroatoms. The van der Waals surface area contributed by atoms with Crippen LogP contribution in [-0.4, -0.2) is 53.1 Å². The first kappa shape index (κ1) is 23.0. The Hall–Kier alpha value is -2.68. The van der Waals surface area contributed by atoms with Crippen molar-refractivity contribution in [2.75, 3.05) is 26.7 Å². The molecule has 1 saturated carbocycles. The van der Waals surface area contributed by atoms with Gasteiger partial charge in [-0.15, -0.1) is 0 Å². The molecule has 164 valence electrons. The van der Waals surface area contributed by atoms with Crippen LogP contribution in [0.4, 0.5) is 0 Å². The molecule has 0 radical (unpaired) electrons. The van der Waals surface area contributed by atoms with Crippen molar-refractivity contribution in [3.8, 4) is 6.07 Å². The fourth-order valence-electron chi connectivity index (χ4n) is 4.64. The van der Waals surface area contributed by atoms with E-state index >= 15 is 0 Å². The molecule has 0 unspecified atom stereocenters. The molecule has 5 nitrogen and oxygen atoms in total. The first-order chi connectivity index (χ1) is 15.1. The number of hydrogen-bond acceptors (Lipinski definition) is 4. The average Bonchev–Trinajstić information content (AvgIpc) is 2.83. The second-order valence-electron chi connectivity index (χ2n) is 8.43. The van der Waals surface area contributed by atoms with E-state index in [1.54, 1.807) is 11.9 Å². The summed E-state index contributed by atoms with van der Waals surface area (Å²) in [6.45, 7) is 0.859. The van der Waals surface area contributed by atoms with Crippen LogP contribution in [0.3, 0.4) is 0 Å². The fourth-order valence-corrected chi connectivity index (χ4v) is 4.64. The van der Waals surface area contributed by atoms with Crippen molar-refractivity contribution in [1.29, 1.82) is 5.26 Å². The third-order valence-electron chi connectivity index (χ3n) is 6.44. The Kier molecular flexibility index (Phi) is 8.22. The van der Waals surface area contributed by atoms with Crippen LogP contribution in [-0.2, 0) is 4.79 Å². The van der Waals surface area contributed by atoms with E-state index in [4.69, 9.17) is 0 Å². The number of rotatable bonds is 9. The highest BCUT2D eigenvalue weighted by molar-refractivity contribution is 5.79. The van der Waals surface area contributed by atoms with Crippen molar-refractivity contribution in [1.82, 2.24) is 9.80 Å². The highest BCUT2D eigenvalue weighted by Crippen LogP contribution is 2.33. The van der Waals surface area contributed by atoms with Gasteiger partial charge in [-0.1, -0.05) is 79.9 Å². The number of benzene rings is 2. The summed E-state index contributed by atoms with van der Waals surface area (Å²) in [6.07, 6.45) is 5.15. The summed E-state index contributed by atoms with van der Waals surface area (Å²) in [6, 6.07) is 22.7. The quantitative estimate of drug-likeness (QED) is 0.663. The molecule has 0 saturated heterocycles. The number of hydrogen-bond donors (Lipinski definition) is 1. The Bertz CT molecular complexity index is 818. The minimum absolute atomic E-state index is 0.0433. The summed E-state index contributed by atoms with van der Waals surface area (Å²) in [4.78, 5) is 17.2. The highest BCUT2D eigenvalue weighted by atomic mass is 16.3. The van der Waals surface area contributed by atoms with Gasteiger partial charge in [0.05, 0.1) is 18.7 Å². The predicted octanol–water partition coefficient (Wildman–Crippen LogP) is 4.15. The first-order valence-corrected chi connectivity index (χ1v) is 11.2. The minimum Gasteiger partial charge on any atom is -0.396 e. The van der Waals surface area contributed by atoms with Crippen LogP contribution in [0.15, 0.2) is 60.7 Å². The van der Waals surface area contributed by atoms with E-state index in [1.807, 2.05) is 36.4 Å². The Morgan fingerprint density at radius 1 is 1.03 bits per heavy atom. The third kappa shape index (κ3) is 5.52. The molecule has 31 heavy (non-hydrogen) atoms. The number of likely N-dealkylation sites (N-methyl/N-ethyl adjacent to an activating group) is 1. The molecular weight excluding hydrogens is 386 g/mol. The summed E-state index contributed by atoms with van der Waals surface area (Å²) in [5.41, 5.74) is 1.51. The maximum Gasteiger partial charge on any atom is 0.237 e. The Labute approximate surface area is 185 Å². The number of aliphatic hydroxyl groups is 1. The maximum atomic E-state index is 13.4. The molecule has 0 heterocycles. The normalized spacial score (nSPS) is 15.6. The van der Waals surface area contributed by atoms with Crippen molar-refractivity contribution in [3.63, 3.8) is 0 Å². The van der Waals surface area contributed by atoms with E-state index in [0.717, 1.165) is 43.2 Å². The van der Waals surface area contributed by atoms with Crippen LogP contribution in [0, 0.1) is 11.3 Å². The van der Waals surface area contributed by atoms with Gasteiger partial charge in [-0.05, 0) is 30.4 Å². The number of amides is 1. The van der Waals surface area contributed by atoms with Crippen molar-refractivity contribution >= 4 is 5.91 Å². The lowest BCUT2D eigenvalue weighted by molar-refractivity contribution is -0.136. The molecule has 2 aromatic rings. The van der Waals surface area contributed by atoms with Gasteiger partial charge >= 0.3 is 0 Å². The lowest BCUT2D eigenvalue weighted by Crippen LogP contribution is -2.53. The second-order valence-corrected chi connectivity index (χ2v) is 8.43. The predicted molar refractivity (Wildman–Crippen MR) is 122 cm³/mol. The fraction of sp³-hybridized carbons (Fsp3) is 0.462. The van der Waals surface area contributed by atoms with Gasteiger partial charge in [0.2, 0.25) is 5.91 Å². The summed E-state index contributed by atoms with van der Waals surface area (Å²) in [7, 11) is 1.78. The van der Waals surface area contributed by atoms with Crippen LogP contribution in [0.25, 0.3) is 0 Å². The molecule has 1 aliphatic rings. The maximum absolute atomic E-state index is 13.4. The van der Waals surface area contributed by atoms with E-state index in [1.165, 1.54) is 0 Å². The van der Waals surface area contributed by atoms with Gasteiger partial charge < -0.3 is 10.0 Å². The SMILES string of the molecule is CN(C(=O)CN(CCCO)C(c1ccccc1)c1ccccc1)C1(C#N)CCCCC1. The summed E-state index contributed by atoms with van der Waals surface area (Å²) >= 11 is 0. The van der Waals surface area contributed by atoms with Crippen molar-refractivity contribution in [3.05, 3.63) is 71.8 Å². The Morgan fingerprint density at radius 2 is 1.58 bits per heavy atom. The Balaban J connectivity index is 1.90. The zero-order valence-corrected chi connectivity index (χ0v) is 18.4. The molecule has 0 aromatic heterocycles. The van der Waals surface area contributed by atoms with E-state index in [-0.39, 0.29) is 25.1 Å². The molecule has 3 rings (SSSR count). The molecule has 0 atom stereocenters. The molecule has 0 spiro atoms. The Morgan fingerprint density at radius 3 is 2.06 bits per heavy atom. The molecule has 1 aliphatic carbocycles. The molecule has 0 bridgehead atoms. The molecular formula is C26H33N3O2. The van der Waals surface area contributed by atoms with Gasteiger partial charge in [0.1, 0.15) is 5.54 Å². The summed E-state index contributed by atoms with van der Waals surface area (Å²) < 4.78 is 0. The average molecular weight is 420 g/mol.